The highest BCUT2D eigenvalue weighted by Gasteiger charge is 2.19. The van der Waals surface area contributed by atoms with E-state index in [4.69, 9.17) is 10.5 Å². The number of ether oxygens (including phenoxy) is 1. The van der Waals surface area contributed by atoms with Crippen molar-refractivity contribution in [3.8, 4) is 11.5 Å². The van der Waals surface area contributed by atoms with E-state index in [-0.39, 0.29) is 6.04 Å². The van der Waals surface area contributed by atoms with Crippen molar-refractivity contribution in [3.05, 3.63) is 71.9 Å². The second-order valence-corrected chi connectivity index (χ2v) is 5.03. The first-order valence-electron chi connectivity index (χ1n) is 7.30. The third-order valence-electron chi connectivity index (χ3n) is 3.53. The highest BCUT2D eigenvalue weighted by Crippen LogP contribution is 2.25. The van der Waals surface area contributed by atoms with E-state index in [0.717, 1.165) is 22.6 Å². The standard InChI is InChI=1S/C17H19N5O/c1-19-17-15(11-20-22-21-17)16(18)12-7-9-14(10-8-12)23-13-5-3-2-4-6-13/h2-11,16,20,22H,18H2,1H3,(H,19,21). The highest BCUT2D eigenvalue weighted by atomic mass is 16.5. The Hall–Kier alpha value is -2.83. The first-order valence-corrected chi connectivity index (χ1v) is 7.30. The lowest BCUT2D eigenvalue weighted by molar-refractivity contribution is 0.482. The molecule has 0 amide bonds. The van der Waals surface area contributed by atoms with E-state index in [1.165, 1.54) is 0 Å². The molecule has 1 aliphatic heterocycles. The molecule has 0 saturated carbocycles. The largest absolute Gasteiger partial charge is 0.457 e. The molecule has 0 aliphatic carbocycles. The molecule has 1 unspecified atom stereocenters. The Morgan fingerprint density at radius 1 is 1.00 bits per heavy atom. The third-order valence-corrected chi connectivity index (χ3v) is 3.53. The zero-order chi connectivity index (χ0) is 16.1. The molecule has 5 N–H and O–H groups in total. The fraction of sp³-hybridized carbons (Fsp3) is 0.118. The van der Waals surface area contributed by atoms with Crippen LogP contribution >= 0.6 is 0 Å². The molecule has 0 saturated heterocycles. The second-order valence-electron chi connectivity index (χ2n) is 5.03. The minimum Gasteiger partial charge on any atom is -0.457 e. The summed E-state index contributed by atoms with van der Waals surface area (Å²) in [6, 6.07) is 17.1. The number of hydrogen-bond donors (Lipinski definition) is 4. The monoisotopic (exact) mass is 309 g/mol. The summed E-state index contributed by atoms with van der Waals surface area (Å²) in [7, 11) is 1.71. The highest BCUT2D eigenvalue weighted by molar-refractivity contribution is 5.99. The first-order chi connectivity index (χ1) is 11.3. The van der Waals surface area contributed by atoms with Crippen molar-refractivity contribution < 1.29 is 4.74 Å². The maximum Gasteiger partial charge on any atom is 0.143 e. The van der Waals surface area contributed by atoms with Crippen LogP contribution in [0, 0.1) is 0 Å². The van der Waals surface area contributed by atoms with Gasteiger partial charge >= 0.3 is 0 Å². The molecule has 6 nitrogen and oxygen atoms in total. The zero-order valence-electron chi connectivity index (χ0n) is 12.8. The molecule has 3 rings (SSSR count). The Morgan fingerprint density at radius 2 is 1.70 bits per heavy atom. The van der Waals surface area contributed by atoms with Crippen molar-refractivity contribution in [2.45, 2.75) is 6.04 Å². The lowest BCUT2D eigenvalue weighted by Crippen LogP contribution is -2.50. The van der Waals surface area contributed by atoms with Crippen molar-refractivity contribution >= 4 is 5.84 Å². The van der Waals surface area contributed by atoms with Crippen molar-refractivity contribution in [3.63, 3.8) is 0 Å². The Morgan fingerprint density at radius 3 is 2.39 bits per heavy atom. The van der Waals surface area contributed by atoms with Gasteiger partial charge in [-0.15, -0.1) is 5.53 Å². The van der Waals surface area contributed by atoms with Gasteiger partial charge in [0.25, 0.3) is 0 Å². The van der Waals surface area contributed by atoms with Crippen molar-refractivity contribution in [2.75, 3.05) is 7.05 Å². The molecular weight excluding hydrogens is 290 g/mol. The second kappa shape index (κ2) is 6.95. The van der Waals surface area contributed by atoms with Gasteiger partial charge in [0.2, 0.25) is 0 Å². The van der Waals surface area contributed by atoms with Gasteiger partial charge in [0.1, 0.15) is 17.3 Å². The number of nitrogens with one attached hydrogen (secondary N) is 3. The summed E-state index contributed by atoms with van der Waals surface area (Å²) in [6.45, 7) is 0. The number of aliphatic imine (C=N–C) groups is 1. The van der Waals surface area contributed by atoms with Gasteiger partial charge in [-0.3, -0.25) is 10.4 Å². The maximum absolute atomic E-state index is 6.34. The molecule has 118 valence electrons. The molecule has 0 radical (unpaired) electrons. The molecule has 0 aromatic heterocycles. The van der Waals surface area contributed by atoms with Gasteiger partial charge in [-0.1, -0.05) is 30.3 Å². The number of hydrogen-bond acceptors (Lipinski definition) is 5. The Bertz CT molecular complexity index is 710. The molecular formula is C17H19N5O. The number of para-hydroxylation sites is 1. The quantitative estimate of drug-likeness (QED) is 0.694. The van der Waals surface area contributed by atoms with E-state index in [1.54, 1.807) is 13.2 Å². The number of nitrogens with two attached hydrogens (primary N) is 1. The van der Waals surface area contributed by atoms with Gasteiger partial charge in [0, 0.05) is 18.8 Å². The van der Waals surface area contributed by atoms with E-state index in [9.17, 15) is 0 Å². The average Bonchev–Trinajstić information content (AvgIpc) is 2.62. The fourth-order valence-electron chi connectivity index (χ4n) is 2.32. The molecule has 0 bridgehead atoms. The molecule has 0 spiro atoms. The van der Waals surface area contributed by atoms with Crippen LogP contribution in [0.5, 0.6) is 11.5 Å². The lowest BCUT2D eigenvalue weighted by Gasteiger charge is -2.24. The van der Waals surface area contributed by atoms with Crippen molar-refractivity contribution in [1.29, 1.82) is 0 Å². The summed E-state index contributed by atoms with van der Waals surface area (Å²) in [5.41, 5.74) is 16.8. The van der Waals surface area contributed by atoms with Gasteiger partial charge in [-0.2, -0.15) is 0 Å². The SMILES string of the molecule is CN=C1NNNC=C1C(N)c1ccc(Oc2ccccc2)cc1. The lowest BCUT2D eigenvalue weighted by atomic mass is 9.99. The van der Waals surface area contributed by atoms with Crippen molar-refractivity contribution in [1.82, 2.24) is 16.4 Å². The molecule has 2 aromatic carbocycles. The molecule has 1 atom stereocenters. The van der Waals surface area contributed by atoms with Crippen LogP contribution in [-0.2, 0) is 0 Å². The number of nitrogens with zero attached hydrogens (tertiary/aromatic N) is 1. The topological polar surface area (TPSA) is 83.7 Å². The van der Waals surface area contributed by atoms with Gasteiger partial charge < -0.3 is 15.9 Å². The van der Waals surface area contributed by atoms with Crippen LogP contribution in [0.1, 0.15) is 11.6 Å². The molecule has 1 heterocycles. The fourth-order valence-corrected chi connectivity index (χ4v) is 2.32. The minimum absolute atomic E-state index is 0.290. The summed E-state index contributed by atoms with van der Waals surface area (Å²) in [5.74, 6) is 2.28. The van der Waals surface area contributed by atoms with Gasteiger partial charge in [0.15, 0.2) is 0 Å². The van der Waals surface area contributed by atoms with Crippen LogP contribution in [0.3, 0.4) is 0 Å². The van der Waals surface area contributed by atoms with E-state index >= 15 is 0 Å². The van der Waals surface area contributed by atoms with E-state index in [0.29, 0.717) is 5.84 Å². The van der Waals surface area contributed by atoms with Crippen LogP contribution in [0.15, 0.2) is 71.4 Å². The average molecular weight is 309 g/mol. The smallest absolute Gasteiger partial charge is 0.143 e. The first kappa shape index (κ1) is 15.1. The molecule has 6 heteroatoms. The van der Waals surface area contributed by atoms with E-state index < -0.39 is 0 Å². The third kappa shape index (κ3) is 3.50. The summed E-state index contributed by atoms with van der Waals surface area (Å²) in [5, 5.41) is 0. The van der Waals surface area contributed by atoms with Crippen LogP contribution in [0.25, 0.3) is 0 Å². The molecule has 0 fully saturated rings. The van der Waals surface area contributed by atoms with Crippen LogP contribution < -0.4 is 26.9 Å². The van der Waals surface area contributed by atoms with E-state index in [1.807, 2.05) is 54.6 Å². The predicted molar refractivity (Wildman–Crippen MR) is 90.7 cm³/mol. The summed E-state index contributed by atoms with van der Waals surface area (Å²) < 4.78 is 5.79. The van der Waals surface area contributed by atoms with Gasteiger partial charge in [-0.05, 0) is 29.8 Å². The Kier molecular flexibility index (Phi) is 4.56. The molecule has 23 heavy (non-hydrogen) atoms. The van der Waals surface area contributed by atoms with Gasteiger partial charge in [0.05, 0.1) is 6.04 Å². The molecule has 1 aliphatic rings. The number of hydrazine groups is 2. The normalized spacial score (nSPS) is 17.0. The summed E-state index contributed by atoms with van der Waals surface area (Å²) in [6.07, 6.45) is 1.80. The number of rotatable bonds is 4. The van der Waals surface area contributed by atoms with Crippen LogP contribution in [0.2, 0.25) is 0 Å². The van der Waals surface area contributed by atoms with Gasteiger partial charge in [-0.25, -0.2) is 0 Å². The number of amidine groups is 1. The number of benzene rings is 2. The minimum atomic E-state index is -0.290. The van der Waals surface area contributed by atoms with Crippen molar-refractivity contribution in [2.24, 2.45) is 10.7 Å². The van der Waals surface area contributed by atoms with Crippen LogP contribution in [0.4, 0.5) is 0 Å². The Balaban J connectivity index is 1.75. The summed E-state index contributed by atoms with van der Waals surface area (Å²) in [4.78, 5) is 4.18. The summed E-state index contributed by atoms with van der Waals surface area (Å²) >= 11 is 0. The zero-order valence-corrected chi connectivity index (χ0v) is 12.8. The Labute approximate surface area is 135 Å². The maximum atomic E-state index is 6.34. The van der Waals surface area contributed by atoms with E-state index in [2.05, 4.69) is 21.4 Å². The van der Waals surface area contributed by atoms with Crippen LogP contribution in [-0.4, -0.2) is 12.9 Å². The predicted octanol–water partition coefficient (Wildman–Crippen LogP) is 2.00. The molecule has 2 aromatic rings.